The first-order chi connectivity index (χ1) is 13.5. The summed E-state index contributed by atoms with van der Waals surface area (Å²) in [7, 11) is 4.53. The first kappa shape index (κ1) is 20.8. The highest BCUT2D eigenvalue weighted by Gasteiger charge is 2.07. The number of allylic oxidation sites excluding steroid dienone is 2. The van der Waals surface area contributed by atoms with E-state index >= 15 is 0 Å². The molecule has 0 aliphatic rings. The van der Waals surface area contributed by atoms with Crippen LogP contribution in [0.1, 0.15) is 17.5 Å². The Morgan fingerprint density at radius 3 is 2.18 bits per heavy atom. The van der Waals surface area contributed by atoms with Crippen molar-refractivity contribution in [3.63, 3.8) is 0 Å². The molecule has 0 atom stereocenters. The van der Waals surface area contributed by atoms with Gasteiger partial charge >= 0.3 is 0 Å². The molecule has 0 bridgehead atoms. The fourth-order valence-electron chi connectivity index (χ4n) is 2.43. The highest BCUT2D eigenvalue weighted by Crippen LogP contribution is 2.27. The molecule has 0 unspecified atom stereocenters. The van der Waals surface area contributed by atoms with E-state index in [1.165, 1.54) is 32.4 Å². The Morgan fingerprint density at radius 2 is 1.54 bits per heavy atom. The molecule has 0 heterocycles. The second kappa shape index (κ2) is 9.97. The Hall–Kier alpha value is -3.54. The second-order valence-electron chi connectivity index (χ2n) is 5.82. The molecule has 2 aromatic carbocycles. The van der Waals surface area contributed by atoms with Crippen molar-refractivity contribution in [1.82, 2.24) is 0 Å². The van der Waals surface area contributed by atoms with Gasteiger partial charge in [0.2, 0.25) is 0 Å². The van der Waals surface area contributed by atoms with Gasteiger partial charge in [0.25, 0.3) is 0 Å². The number of rotatable bonds is 9. The molecule has 0 saturated heterocycles. The zero-order chi connectivity index (χ0) is 20.5. The van der Waals surface area contributed by atoms with E-state index in [2.05, 4.69) is 0 Å². The minimum atomic E-state index is -0.334. The van der Waals surface area contributed by atoms with Gasteiger partial charge in [-0.1, -0.05) is 12.1 Å². The average Bonchev–Trinajstić information content (AvgIpc) is 2.71. The molecular weight excluding hydrogens is 360 g/mol. The monoisotopic (exact) mass is 382 g/mol. The van der Waals surface area contributed by atoms with Crippen molar-refractivity contribution >= 4 is 23.7 Å². The summed E-state index contributed by atoms with van der Waals surface area (Å²) in [6, 6.07) is 9.93. The van der Waals surface area contributed by atoms with Gasteiger partial charge in [-0.25, -0.2) is 0 Å². The van der Waals surface area contributed by atoms with Crippen molar-refractivity contribution in [3.8, 4) is 23.0 Å². The second-order valence-corrected chi connectivity index (χ2v) is 5.82. The molecule has 0 radical (unpaired) electrons. The number of ketones is 2. The van der Waals surface area contributed by atoms with Crippen molar-refractivity contribution in [2.45, 2.75) is 6.42 Å². The van der Waals surface area contributed by atoms with Crippen LogP contribution in [-0.4, -0.2) is 38.0 Å². The fraction of sp³-hybridized carbons (Fsp3) is 0.182. The van der Waals surface area contributed by atoms with Crippen molar-refractivity contribution in [2.75, 3.05) is 21.3 Å². The van der Waals surface area contributed by atoms with Gasteiger partial charge in [0.1, 0.15) is 11.5 Å². The number of benzene rings is 2. The van der Waals surface area contributed by atoms with Gasteiger partial charge in [-0.05, 0) is 54.1 Å². The van der Waals surface area contributed by atoms with Crippen molar-refractivity contribution < 1.29 is 28.9 Å². The molecule has 2 aromatic rings. The first-order valence-electron chi connectivity index (χ1n) is 8.47. The van der Waals surface area contributed by atoms with Gasteiger partial charge in [-0.3, -0.25) is 9.59 Å². The van der Waals surface area contributed by atoms with Gasteiger partial charge < -0.3 is 19.3 Å². The molecule has 146 valence electrons. The summed E-state index contributed by atoms with van der Waals surface area (Å²) in [5, 5.41) is 9.57. The van der Waals surface area contributed by atoms with Gasteiger partial charge in [0.15, 0.2) is 23.1 Å². The summed E-state index contributed by atoms with van der Waals surface area (Å²) >= 11 is 0. The standard InChI is InChI=1S/C22H22O6/c1-26-19-9-11-21(27-2)16(13-19)6-8-18(24)14-17(23)7-4-15-5-10-20(25)22(12-15)28-3/h4-13,25H,14H2,1-3H3. The molecule has 28 heavy (non-hydrogen) atoms. The third kappa shape index (κ3) is 5.74. The normalized spacial score (nSPS) is 11.0. The zero-order valence-electron chi connectivity index (χ0n) is 16.0. The largest absolute Gasteiger partial charge is 0.504 e. The van der Waals surface area contributed by atoms with E-state index in [0.717, 1.165) is 0 Å². The Morgan fingerprint density at radius 1 is 0.857 bits per heavy atom. The van der Waals surface area contributed by atoms with Crippen LogP contribution in [0.4, 0.5) is 0 Å². The average molecular weight is 382 g/mol. The number of aromatic hydroxyl groups is 1. The van der Waals surface area contributed by atoms with Crippen molar-refractivity contribution in [1.29, 1.82) is 0 Å². The maximum absolute atomic E-state index is 12.1. The SMILES string of the molecule is COc1ccc(OC)c(C=CC(=O)CC(=O)C=Cc2ccc(O)c(OC)c2)c1. The molecule has 0 fully saturated rings. The summed E-state index contributed by atoms with van der Waals surface area (Å²) in [6.07, 6.45) is 5.56. The lowest BCUT2D eigenvalue weighted by atomic mass is 10.1. The highest BCUT2D eigenvalue weighted by atomic mass is 16.5. The quantitative estimate of drug-likeness (QED) is 0.526. The predicted octanol–water partition coefficient (Wildman–Crippen LogP) is 3.67. The van der Waals surface area contributed by atoms with E-state index in [0.29, 0.717) is 28.4 Å². The summed E-state index contributed by atoms with van der Waals surface area (Å²) in [6.45, 7) is 0. The molecule has 0 spiro atoms. The number of phenolic OH excluding ortho intramolecular Hbond substituents is 1. The minimum absolute atomic E-state index is 0.0132. The van der Waals surface area contributed by atoms with E-state index in [1.807, 2.05) is 0 Å². The minimum Gasteiger partial charge on any atom is -0.504 e. The summed E-state index contributed by atoms with van der Waals surface area (Å²) < 4.78 is 15.4. The predicted molar refractivity (Wildman–Crippen MR) is 107 cm³/mol. The number of hydrogen-bond acceptors (Lipinski definition) is 6. The molecule has 6 nitrogen and oxygen atoms in total. The van der Waals surface area contributed by atoms with Crippen LogP contribution in [0.15, 0.2) is 48.6 Å². The van der Waals surface area contributed by atoms with E-state index in [9.17, 15) is 14.7 Å². The number of ether oxygens (including phenoxy) is 3. The Kier molecular flexibility index (Phi) is 7.39. The molecule has 6 heteroatoms. The van der Waals surface area contributed by atoms with Crippen molar-refractivity contribution in [3.05, 3.63) is 59.7 Å². The number of carbonyl (C=O) groups is 2. The van der Waals surface area contributed by atoms with E-state index in [-0.39, 0.29) is 23.7 Å². The van der Waals surface area contributed by atoms with E-state index < -0.39 is 0 Å². The lowest BCUT2D eigenvalue weighted by Gasteiger charge is -2.06. The topological polar surface area (TPSA) is 82.1 Å². The smallest absolute Gasteiger partial charge is 0.163 e. The molecule has 2 rings (SSSR count). The Bertz CT molecular complexity index is 911. The third-order valence-electron chi connectivity index (χ3n) is 3.90. The zero-order valence-corrected chi connectivity index (χ0v) is 16.0. The fourth-order valence-corrected chi connectivity index (χ4v) is 2.43. The molecule has 0 aliphatic heterocycles. The van der Waals surface area contributed by atoms with Crippen molar-refractivity contribution in [2.24, 2.45) is 0 Å². The molecule has 0 aromatic heterocycles. The lowest BCUT2D eigenvalue weighted by molar-refractivity contribution is -0.121. The summed E-state index contributed by atoms with van der Waals surface area (Å²) in [5.41, 5.74) is 1.35. The van der Waals surface area contributed by atoms with Crippen LogP contribution < -0.4 is 14.2 Å². The molecule has 0 saturated carbocycles. The molecular formula is C22H22O6. The van der Waals surface area contributed by atoms with Gasteiger partial charge in [0.05, 0.1) is 27.8 Å². The van der Waals surface area contributed by atoms with Crippen LogP contribution in [0, 0.1) is 0 Å². The summed E-state index contributed by atoms with van der Waals surface area (Å²) in [5.74, 6) is 0.885. The first-order valence-corrected chi connectivity index (χ1v) is 8.47. The van der Waals surface area contributed by atoms with Gasteiger partial charge in [0, 0.05) is 5.56 Å². The summed E-state index contributed by atoms with van der Waals surface area (Å²) in [4.78, 5) is 24.1. The lowest BCUT2D eigenvalue weighted by Crippen LogP contribution is -2.02. The van der Waals surface area contributed by atoms with Gasteiger partial charge in [-0.2, -0.15) is 0 Å². The van der Waals surface area contributed by atoms with Crippen LogP contribution in [0.25, 0.3) is 12.2 Å². The number of phenols is 1. The molecule has 1 N–H and O–H groups in total. The van der Waals surface area contributed by atoms with E-state index in [4.69, 9.17) is 14.2 Å². The number of methoxy groups -OCH3 is 3. The van der Waals surface area contributed by atoms with Gasteiger partial charge in [-0.15, -0.1) is 0 Å². The van der Waals surface area contributed by atoms with Crippen LogP contribution in [0.5, 0.6) is 23.0 Å². The van der Waals surface area contributed by atoms with Crippen LogP contribution in [-0.2, 0) is 9.59 Å². The number of carbonyl (C=O) groups excluding carboxylic acids is 2. The Balaban J connectivity index is 2.01. The molecule has 0 amide bonds. The molecule has 0 aliphatic carbocycles. The Labute approximate surface area is 163 Å². The maximum atomic E-state index is 12.1. The third-order valence-corrected chi connectivity index (χ3v) is 3.90. The van der Waals surface area contributed by atoms with E-state index in [1.54, 1.807) is 49.6 Å². The van der Waals surface area contributed by atoms with Crippen LogP contribution >= 0.6 is 0 Å². The number of hydrogen-bond donors (Lipinski definition) is 1. The maximum Gasteiger partial charge on any atom is 0.163 e. The highest BCUT2D eigenvalue weighted by molar-refractivity contribution is 6.11. The van der Waals surface area contributed by atoms with Crippen LogP contribution in [0.3, 0.4) is 0 Å². The van der Waals surface area contributed by atoms with Crippen LogP contribution in [0.2, 0.25) is 0 Å².